The fourth-order valence-electron chi connectivity index (χ4n) is 1.65. The number of rotatable bonds is 6. The minimum Gasteiger partial charge on any atom is -0.365 e. The van der Waals surface area contributed by atoms with Gasteiger partial charge in [-0.1, -0.05) is 20.3 Å². The standard InChI is InChI=1S/C12H21FN4/c1-5-8(2)6-9(3)16-11-10(13)7-15-12(14-4)17-11/h7-9H,5-6H2,1-4H3,(H2,14,15,16,17). The monoisotopic (exact) mass is 240 g/mol. The maximum atomic E-state index is 13.5. The molecule has 1 rings (SSSR count). The van der Waals surface area contributed by atoms with Crippen molar-refractivity contribution in [3.05, 3.63) is 12.0 Å². The van der Waals surface area contributed by atoms with Gasteiger partial charge in [0.1, 0.15) is 0 Å². The van der Waals surface area contributed by atoms with E-state index in [9.17, 15) is 4.39 Å². The molecular formula is C12H21FN4. The summed E-state index contributed by atoms with van der Waals surface area (Å²) in [6.07, 6.45) is 3.30. The average molecular weight is 240 g/mol. The number of anilines is 2. The van der Waals surface area contributed by atoms with Crippen LogP contribution in [-0.4, -0.2) is 23.1 Å². The van der Waals surface area contributed by atoms with Gasteiger partial charge in [0, 0.05) is 13.1 Å². The van der Waals surface area contributed by atoms with Crippen molar-refractivity contribution in [3.63, 3.8) is 0 Å². The molecule has 0 fully saturated rings. The molecule has 96 valence electrons. The normalized spacial score (nSPS) is 14.2. The summed E-state index contributed by atoms with van der Waals surface area (Å²) < 4.78 is 13.5. The van der Waals surface area contributed by atoms with E-state index < -0.39 is 5.82 Å². The first kappa shape index (κ1) is 13.7. The molecule has 0 aliphatic rings. The molecule has 0 saturated carbocycles. The zero-order valence-corrected chi connectivity index (χ0v) is 10.9. The molecular weight excluding hydrogens is 219 g/mol. The second-order valence-electron chi connectivity index (χ2n) is 4.43. The maximum Gasteiger partial charge on any atom is 0.224 e. The largest absolute Gasteiger partial charge is 0.365 e. The van der Waals surface area contributed by atoms with Crippen LogP contribution in [0, 0.1) is 11.7 Å². The lowest BCUT2D eigenvalue weighted by molar-refractivity contribution is 0.481. The summed E-state index contributed by atoms with van der Waals surface area (Å²) in [4.78, 5) is 7.86. The Morgan fingerprint density at radius 1 is 1.41 bits per heavy atom. The van der Waals surface area contributed by atoms with Gasteiger partial charge >= 0.3 is 0 Å². The number of nitrogens with one attached hydrogen (secondary N) is 2. The number of hydrogen-bond donors (Lipinski definition) is 2. The van der Waals surface area contributed by atoms with Crippen molar-refractivity contribution in [1.82, 2.24) is 9.97 Å². The van der Waals surface area contributed by atoms with Gasteiger partial charge in [0.05, 0.1) is 6.20 Å². The second-order valence-corrected chi connectivity index (χ2v) is 4.43. The Morgan fingerprint density at radius 2 is 2.12 bits per heavy atom. The van der Waals surface area contributed by atoms with E-state index in [4.69, 9.17) is 0 Å². The average Bonchev–Trinajstić information content (AvgIpc) is 2.31. The Labute approximate surface area is 102 Å². The van der Waals surface area contributed by atoms with Crippen molar-refractivity contribution in [3.8, 4) is 0 Å². The molecule has 1 aromatic rings. The Balaban J connectivity index is 2.66. The highest BCUT2D eigenvalue weighted by atomic mass is 19.1. The van der Waals surface area contributed by atoms with E-state index >= 15 is 0 Å². The van der Waals surface area contributed by atoms with Gasteiger partial charge in [0.25, 0.3) is 0 Å². The number of aromatic nitrogens is 2. The summed E-state index contributed by atoms with van der Waals surface area (Å²) in [5, 5.41) is 5.87. The van der Waals surface area contributed by atoms with Crippen LogP contribution in [0.3, 0.4) is 0 Å². The Morgan fingerprint density at radius 3 is 2.71 bits per heavy atom. The van der Waals surface area contributed by atoms with Gasteiger partial charge in [0.2, 0.25) is 5.95 Å². The third kappa shape index (κ3) is 4.17. The van der Waals surface area contributed by atoms with E-state index in [2.05, 4.69) is 34.4 Å². The first-order valence-electron chi connectivity index (χ1n) is 6.03. The summed E-state index contributed by atoms with van der Waals surface area (Å²) >= 11 is 0. The van der Waals surface area contributed by atoms with E-state index in [1.807, 2.05) is 6.92 Å². The number of hydrogen-bond acceptors (Lipinski definition) is 4. The summed E-state index contributed by atoms with van der Waals surface area (Å²) in [6.45, 7) is 6.38. The van der Waals surface area contributed by atoms with Crippen LogP contribution in [0.1, 0.15) is 33.6 Å². The molecule has 0 aliphatic carbocycles. The van der Waals surface area contributed by atoms with E-state index in [1.165, 1.54) is 6.20 Å². The fraction of sp³-hybridized carbons (Fsp3) is 0.667. The third-order valence-corrected chi connectivity index (χ3v) is 2.80. The molecule has 17 heavy (non-hydrogen) atoms. The maximum absolute atomic E-state index is 13.5. The molecule has 0 radical (unpaired) electrons. The summed E-state index contributed by atoms with van der Waals surface area (Å²) in [5.41, 5.74) is 0. The summed E-state index contributed by atoms with van der Waals surface area (Å²) in [6, 6.07) is 0.194. The molecule has 0 bridgehead atoms. The summed E-state index contributed by atoms with van der Waals surface area (Å²) in [5.74, 6) is 0.885. The second kappa shape index (κ2) is 6.37. The molecule has 5 heteroatoms. The van der Waals surface area contributed by atoms with Gasteiger partial charge in [-0.05, 0) is 19.3 Å². The van der Waals surface area contributed by atoms with Gasteiger partial charge in [-0.2, -0.15) is 4.98 Å². The summed E-state index contributed by atoms with van der Waals surface area (Å²) in [7, 11) is 1.71. The zero-order chi connectivity index (χ0) is 12.8. The lowest BCUT2D eigenvalue weighted by Crippen LogP contribution is -2.20. The molecule has 1 aromatic heterocycles. The Kier molecular flexibility index (Phi) is 5.12. The van der Waals surface area contributed by atoms with E-state index in [0.29, 0.717) is 11.9 Å². The first-order chi connectivity index (χ1) is 8.06. The van der Waals surface area contributed by atoms with Crippen LogP contribution < -0.4 is 10.6 Å². The lowest BCUT2D eigenvalue weighted by atomic mass is 10.0. The van der Waals surface area contributed by atoms with Crippen LogP contribution in [0.15, 0.2) is 6.20 Å². The van der Waals surface area contributed by atoms with E-state index in [1.54, 1.807) is 7.05 Å². The van der Waals surface area contributed by atoms with Crippen LogP contribution in [0.5, 0.6) is 0 Å². The van der Waals surface area contributed by atoms with Crippen LogP contribution in [0.25, 0.3) is 0 Å². The van der Waals surface area contributed by atoms with Crippen molar-refractivity contribution in [1.29, 1.82) is 0 Å². The molecule has 0 aromatic carbocycles. The predicted octanol–water partition coefficient (Wildman–Crippen LogP) is 2.89. The highest BCUT2D eigenvalue weighted by Gasteiger charge is 2.11. The number of halogens is 1. The molecule has 0 spiro atoms. The van der Waals surface area contributed by atoms with Crippen molar-refractivity contribution >= 4 is 11.8 Å². The minimum absolute atomic E-state index is 0.194. The van der Waals surface area contributed by atoms with Crippen molar-refractivity contribution < 1.29 is 4.39 Å². The van der Waals surface area contributed by atoms with Crippen LogP contribution in [0.2, 0.25) is 0 Å². The lowest BCUT2D eigenvalue weighted by Gasteiger charge is -2.18. The first-order valence-corrected chi connectivity index (χ1v) is 6.03. The molecule has 2 N–H and O–H groups in total. The van der Waals surface area contributed by atoms with Crippen molar-refractivity contribution in [2.45, 2.75) is 39.7 Å². The predicted molar refractivity (Wildman–Crippen MR) is 68.7 cm³/mol. The van der Waals surface area contributed by atoms with Crippen molar-refractivity contribution in [2.75, 3.05) is 17.7 Å². The Hall–Kier alpha value is -1.39. The zero-order valence-electron chi connectivity index (χ0n) is 10.9. The topological polar surface area (TPSA) is 49.8 Å². The number of nitrogens with zero attached hydrogens (tertiary/aromatic N) is 2. The Bertz CT molecular complexity index is 356. The van der Waals surface area contributed by atoms with Gasteiger partial charge in [-0.25, -0.2) is 9.37 Å². The molecule has 0 aliphatic heterocycles. The molecule has 2 unspecified atom stereocenters. The quantitative estimate of drug-likeness (QED) is 0.802. The van der Waals surface area contributed by atoms with Crippen LogP contribution >= 0.6 is 0 Å². The van der Waals surface area contributed by atoms with Crippen LogP contribution in [-0.2, 0) is 0 Å². The molecule has 2 atom stereocenters. The highest BCUT2D eigenvalue weighted by Crippen LogP contribution is 2.16. The van der Waals surface area contributed by atoms with E-state index in [-0.39, 0.29) is 11.9 Å². The minimum atomic E-state index is -0.417. The SMILES string of the molecule is CCC(C)CC(C)Nc1nc(NC)ncc1F. The van der Waals surface area contributed by atoms with Crippen molar-refractivity contribution in [2.24, 2.45) is 5.92 Å². The molecule has 0 amide bonds. The molecule has 1 heterocycles. The smallest absolute Gasteiger partial charge is 0.224 e. The van der Waals surface area contributed by atoms with E-state index in [0.717, 1.165) is 12.8 Å². The molecule has 4 nitrogen and oxygen atoms in total. The van der Waals surface area contributed by atoms with Crippen LogP contribution in [0.4, 0.5) is 16.2 Å². The van der Waals surface area contributed by atoms with Gasteiger partial charge < -0.3 is 10.6 Å². The molecule has 0 saturated heterocycles. The van der Waals surface area contributed by atoms with Gasteiger partial charge in [-0.3, -0.25) is 0 Å². The third-order valence-electron chi connectivity index (χ3n) is 2.80. The fourth-order valence-corrected chi connectivity index (χ4v) is 1.65. The van der Waals surface area contributed by atoms with Gasteiger partial charge in [-0.15, -0.1) is 0 Å². The van der Waals surface area contributed by atoms with Gasteiger partial charge in [0.15, 0.2) is 11.6 Å². The highest BCUT2D eigenvalue weighted by molar-refractivity contribution is 5.41.